The summed E-state index contributed by atoms with van der Waals surface area (Å²) in [6.07, 6.45) is 1.71. The zero-order valence-corrected chi connectivity index (χ0v) is 8.17. The van der Waals surface area contributed by atoms with Crippen molar-refractivity contribution in [3.63, 3.8) is 0 Å². The largest absolute Gasteiger partial charge is 0.396 e. The predicted molar refractivity (Wildman–Crippen MR) is 49.8 cm³/mol. The zero-order chi connectivity index (χ0) is 9.42. The summed E-state index contributed by atoms with van der Waals surface area (Å²) in [6.45, 7) is 2.15. The van der Waals surface area contributed by atoms with Gasteiger partial charge in [0.1, 0.15) is 0 Å². The lowest BCUT2D eigenvalue weighted by atomic mass is 10.1. The molecule has 0 amide bonds. The third-order valence-corrected chi connectivity index (χ3v) is 2.67. The molecule has 0 saturated carbocycles. The highest BCUT2D eigenvalue weighted by atomic mass is 35.5. The molecule has 0 aromatic carbocycles. The molecule has 0 bridgehead atoms. The first kappa shape index (κ1) is 8.91. The molecular weight excluding hydrogens is 188 g/mol. The lowest BCUT2D eigenvalue weighted by Crippen LogP contribution is -2.04. The fourth-order valence-corrected chi connectivity index (χ4v) is 2.05. The van der Waals surface area contributed by atoms with E-state index in [1.54, 1.807) is 0 Å². The SMILES string of the molecule is Cc1nc(Cl)nc2c1CC(CO)C2. The molecule has 1 aromatic rings. The molecule has 13 heavy (non-hydrogen) atoms. The molecule has 70 valence electrons. The highest BCUT2D eigenvalue weighted by Gasteiger charge is 2.24. The molecule has 0 radical (unpaired) electrons. The summed E-state index contributed by atoms with van der Waals surface area (Å²) in [5.74, 6) is 0.307. The first-order valence-corrected chi connectivity index (χ1v) is 4.71. The number of nitrogens with zero attached hydrogens (tertiary/aromatic N) is 2. The molecule has 0 aliphatic heterocycles. The number of rotatable bonds is 1. The summed E-state index contributed by atoms with van der Waals surface area (Å²) in [5.41, 5.74) is 3.13. The summed E-state index contributed by atoms with van der Waals surface area (Å²) in [4.78, 5) is 8.24. The molecule has 0 saturated heterocycles. The zero-order valence-electron chi connectivity index (χ0n) is 7.42. The smallest absolute Gasteiger partial charge is 0.222 e. The molecule has 1 atom stereocenters. The molecule has 4 heteroatoms. The molecule has 2 rings (SSSR count). The van der Waals surface area contributed by atoms with Crippen LogP contribution >= 0.6 is 11.6 Å². The number of fused-ring (bicyclic) bond motifs is 1. The van der Waals surface area contributed by atoms with E-state index in [1.165, 1.54) is 5.56 Å². The number of hydrogen-bond acceptors (Lipinski definition) is 3. The highest BCUT2D eigenvalue weighted by molar-refractivity contribution is 6.28. The monoisotopic (exact) mass is 198 g/mol. The van der Waals surface area contributed by atoms with E-state index in [2.05, 4.69) is 9.97 Å². The molecule has 1 unspecified atom stereocenters. The lowest BCUT2D eigenvalue weighted by molar-refractivity contribution is 0.232. The van der Waals surface area contributed by atoms with Gasteiger partial charge in [-0.25, -0.2) is 9.97 Å². The van der Waals surface area contributed by atoms with Crippen LogP contribution in [0.4, 0.5) is 0 Å². The average Bonchev–Trinajstić information content (AvgIpc) is 2.47. The van der Waals surface area contributed by atoms with Crippen LogP contribution in [-0.2, 0) is 12.8 Å². The summed E-state index contributed by atoms with van der Waals surface area (Å²) in [7, 11) is 0. The van der Waals surface area contributed by atoms with Gasteiger partial charge in [-0.15, -0.1) is 0 Å². The summed E-state index contributed by atoms with van der Waals surface area (Å²) < 4.78 is 0. The Morgan fingerprint density at radius 1 is 1.46 bits per heavy atom. The minimum atomic E-state index is 0.216. The third-order valence-electron chi connectivity index (χ3n) is 2.51. The molecule has 1 aliphatic rings. The molecule has 0 spiro atoms. The fourth-order valence-electron chi connectivity index (χ4n) is 1.82. The van der Waals surface area contributed by atoms with Crippen LogP contribution in [0.25, 0.3) is 0 Å². The van der Waals surface area contributed by atoms with E-state index in [0.29, 0.717) is 11.2 Å². The van der Waals surface area contributed by atoms with Gasteiger partial charge in [0.15, 0.2) is 0 Å². The number of aliphatic hydroxyl groups excluding tert-OH is 1. The van der Waals surface area contributed by atoms with Crippen molar-refractivity contribution in [3.8, 4) is 0 Å². The van der Waals surface area contributed by atoms with Gasteiger partial charge in [-0.05, 0) is 42.8 Å². The van der Waals surface area contributed by atoms with Gasteiger partial charge in [-0.1, -0.05) is 0 Å². The quantitative estimate of drug-likeness (QED) is 0.689. The van der Waals surface area contributed by atoms with E-state index >= 15 is 0 Å². The molecule has 1 aromatic heterocycles. The van der Waals surface area contributed by atoms with Crippen molar-refractivity contribution in [3.05, 3.63) is 22.2 Å². The molecule has 1 N–H and O–H groups in total. The van der Waals surface area contributed by atoms with Crippen molar-refractivity contribution >= 4 is 11.6 Å². The van der Waals surface area contributed by atoms with E-state index in [9.17, 15) is 0 Å². The Kier molecular flexibility index (Phi) is 2.22. The van der Waals surface area contributed by atoms with Crippen molar-refractivity contribution in [1.82, 2.24) is 9.97 Å². The van der Waals surface area contributed by atoms with Crippen molar-refractivity contribution < 1.29 is 5.11 Å². The molecule has 0 fully saturated rings. The van der Waals surface area contributed by atoms with Gasteiger partial charge in [-0.2, -0.15) is 0 Å². The molecule has 1 heterocycles. The number of aliphatic hydroxyl groups is 1. The van der Waals surface area contributed by atoms with Crippen LogP contribution in [0, 0.1) is 12.8 Å². The Morgan fingerprint density at radius 2 is 2.23 bits per heavy atom. The number of halogens is 1. The van der Waals surface area contributed by atoms with Crippen LogP contribution in [0.1, 0.15) is 17.0 Å². The maximum Gasteiger partial charge on any atom is 0.222 e. The second-order valence-electron chi connectivity index (χ2n) is 3.46. The van der Waals surface area contributed by atoms with Gasteiger partial charge in [0.25, 0.3) is 0 Å². The second kappa shape index (κ2) is 3.24. The van der Waals surface area contributed by atoms with E-state index < -0.39 is 0 Å². The van der Waals surface area contributed by atoms with Crippen LogP contribution in [-0.4, -0.2) is 21.7 Å². The summed E-state index contributed by atoms with van der Waals surface area (Å²) >= 11 is 5.73. The van der Waals surface area contributed by atoms with Crippen molar-refractivity contribution in [2.45, 2.75) is 19.8 Å². The minimum Gasteiger partial charge on any atom is -0.396 e. The first-order valence-electron chi connectivity index (χ1n) is 4.33. The number of hydrogen-bond donors (Lipinski definition) is 1. The van der Waals surface area contributed by atoms with Crippen molar-refractivity contribution in [2.75, 3.05) is 6.61 Å². The molecular formula is C9H11ClN2O. The lowest BCUT2D eigenvalue weighted by Gasteiger charge is -2.01. The van der Waals surface area contributed by atoms with E-state index in [1.807, 2.05) is 6.92 Å². The van der Waals surface area contributed by atoms with Gasteiger partial charge in [-0.3, -0.25) is 0 Å². The Bertz CT molecular complexity index is 341. The number of aromatic nitrogens is 2. The van der Waals surface area contributed by atoms with Crippen LogP contribution in [0.2, 0.25) is 5.28 Å². The van der Waals surface area contributed by atoms with Crippen LogP contribution < -0.4 is 0 Å². The van der Waals surface area contributed by atoms with Gasteiger partial charge < -0.3 is 5.11 Å². The topological polar surface area (TPSA) is 46.0 Å². The van der Waals surface area contributed by atoms with Crippen LogP contribution in [0.15, 0.2) is 0 Å². The summed E-state index contributed by atoms with van der Waals surface area (Å²) in [5, 5.41) is 9.33. The summed E-state index contributed by atoms with van der Waals surface area (Å²) in [6, 6.07) is 0. The first-order chi connectivity index (χ1) is 6.20. The third kappa shape index (κ3) is 1.54. The Hall–Kier alpha value is -0.670. The Balaban J connectivity index is 2.40. The maximum atomic E-state index is 9.02. The van der Waals surface area contributed by atoms with Gasteiger partial charge in [0.2, 0.25) is 5.28 Å². The minimum absolute atomic E-state index is 0.216. The van der Waals surface area contributed by atoms with Gasteiger partial charge in [0, 0.05) is 18.0 Å². The Morgan fingerprint density at radius 3 is 2.92 bits per heavy atom. The Labute approximate surface area is 81.8 Å². The normalized spacial score (nSPS) is 20.4. The van der Waals surface area contributed by atoms with E-state index in [4.69, 9.17) is 16.7 Å². The van der Waals surface area contributed by atoms with Crippen molar-refractivity contribution in [2.24, 2.45) is 5.92 Å². The average molecular weight is 199 g/mol. The van der Waals surface area contributed by atoms with Gasteiger partial charge in [0.05, 0.1) is 0 Å². The number of aryl methyl sites for hydroxylation is 1. The molecule has 3 nitrogen and oxygen atoms in total. The maximum absolute atomic E-state index is 9.02. The van der Waals surface area contributed by atoms with Crippen LogP contribution in [0.5, 0.6) is 0 Å². The van der Waals surface area contributed by atoms with E-state index in [0.717, 1.165) is 24.2 Å². The predicted octanol–water partition coefficient (Wildman–Crippen LogP) is 1.15. The highest BCUT2D eigenvalue weighted by Crippen LogP contribution is 2.27. The van der Waals surface area contributed by atoms with Crippen molar-refractivity contribution in [1.29, 1.82) is 0 Å². The second-order valence-corrected chi connectivity index (χ2v) is 3.80. The fraction of sp³-hybridized carbons (Fsp3) is 0.556. The molecule has 1 aliphatic carbocycles. The van der Waals surface area contributed by atoms with Crippen LogP contribution in [0.3, 0.4) is 0 Å². The standard InChI is InChI=1S/C9H11ClN2O/c1-5-7-2-6(4-13)3-8(7)12-9(10)11-5/h6,13H,2-4H2,1H3. The van der Waals surface area contributed by atoms with E-state index in [-0.39, 0.29) is 6.61 Å². The van der Waals surface area contributed by atoms with Gasteiger partial charge >= 0.3 is 0 Å².